The highest BCUT2D eigenvalue weighted by molar-refractivity contribution is 5.96. The highest BCUT2D eigenvalue weighted by Crippen LogP contribution is 2.50. The lowest BCUT2D eigenvalue weighted by molar-refractivity contribution is -0.115. The van der Waals surface area contributed by atoms with Crippen LogP contribution in [0.25, 0.3) is 0 Å². The number of carbonyl (C=O) groups is 1. The van der Waals surface area contributed by atoms with Crippen LogP contribution in [0, 0.1) is 5.92 Å². The summed E-state index contributed by atoms with van der Waals surface area (Å²) in [5, 5.41) is 11.7. The normalized spacial score (nSPS) is 22.7. The first-order chi connectivity index (χ1) is 18.9. The maximum atomic E-state index is 14.3. The zero-order chi connectivity index (χ0) is 28.0. The standard InChI is InChI=1S/C32H46N2O5/c1-6-33(7-2)25-16-14-23(15-17-25)29-26-13-11-12-18-32(26,36)19-20-34(29)31(35)24-21-27(37-8-3)30(39-10-5)28(22-24)38-9-4/h14-17,21-22,26,29,36H,6-13,18-20H2,1-5H3/t26-,29+,32-/m1/s1. The van der Waals surface area contributed by atoms with Crippen LogP contribution in [0.2, 0.25) is 0 Å². The molecule has 1 saturated carbocycles. The van der Waals surface area contributed by atoms with Crippen LogP contribution >= 0.6 is 0 Å². The van der Waals surface area contributed by atoms with Crippen molar-refractivity contribution in [3.63, 3.8) is 0 Å². The second kappa shape index (κ2) is 12.9. The molecule has 2 aliphatic rings. The number of likely N-dealkylation sites (tertiary alicyclic amines) is 1. The number of piperidine rings is 1. The Morgan fingerprint density at radius 1 is 0.923 bits per heavy atom. The van der Waals surface area contributed by atoms with Crippen LogP contribution in [0.1, 0.15) is 88.7 Å². The fourth-order valence-corrected chi connectivity index (χ4v) is 6.47. The smallest absolute Gasteiger partial charge is 0.254 e. The average Bonchev–Trinajstić information content (AvgIpc) is 2.94. The SMILES string of the molecule is CCOc1cc(C(=O)N2CC[C@]3(O)CCCC[C@@H]3[C@@H]2c2ccc(N(CC)CC)cc2)cc(OCC)c1OCC. The van der Waals surface area contributed by atoms with Crippen molar-refractivity contribution in [2.24, 2.45) is 5.92 Å². The number of nitrogens with zero attached hydrogens (tertiary/aromatic N) is 2. The fourth-order valence-electron chi connectivity index (χ4n) is 6.47. The Morgan fingerprint density at radius 2 is 1.54 bits per heavy atom. The van der Waals surface area contributed by atoms with E-state index in [0.717, 1.165) is 44.3 Å². The van der Waals surface area contributed by atoms with Crippen molar-refractivity contribution in [1.82, 2.24) is 4.90 Å². The number of hydrogen-bond donors (Lipinski definition) is 1. The van der Waals surface area contributed by atoms with Crippen molar-refractivity contribution in [2.45, 2.75) is 78.4 Å². The van der Waals surface area contributed by atoms with E-state index in [9.17, 15) is 9.90 Å². The van der Waals surface area contributed by atoms with Crippen LogP contribution in [0.4, 0.5) is 5.69 Å². The lowest BCUT2D eigenvalue weighted by Gasteiger charge is -2.52. The van der Waals surface area contributed by atoms with Crippen LogP contribution in [-0.4, -0.2) is 61.0 Å². The molecular formula is C32H46N2O5. The molecule has 0 spiro atoms. The minimum Gasteiger partial charge on any atom is -0.490 e. The van der Waals surface area contributed by atoms with E-state index in [0.29, 0.717) is 55.6 Å². The summed E-state index contributed by atoms with van der Waals surface area (Å²) in [6.45, 7) is 13.8. The molecule has 214 valence electrons. The fraction of sp³-hybridized carbons (Fsp3) is 0.594. The molecule has 2 fully saturated rings. The number of fused-ring (bicyclic) bond motifs is 1. The number of hydrogen-bond acceptors (Lipinski definition) is 6. The van der Waals surface area contributed by atoms with Gasteiger partial charge >= 0.3 is 0 Å². The molecule has 1 saturated heterocycles. The van der Waals surface area contributed by atoms with E-state index in [4.69, 9.17) is 14.2 Å². The lowest BCUT2D eigenvalue weighted by atomic mass is 9.66. The summed E-state index contributed by atoms with van der Waals surface area (Å²) >= 11 is 0. The van der Waals surface area contributed by atoms with E-state index in [1.54, 1.807) is 12.1 Å². The van der Waals surface area contributed by atoms with Gasteiger partial charge in [-0.15, -0.1) is 0 Å². The predicted molar refractivity (Wildman–Crippen MR) is 155 cm³/mol. The molecule has 1 aliphatic heterocycles. The van der Waals surface area contributed by atoms with E-state index in [1.165, 1.54) is 5.69 Å². The van der Waals surface area contributed by atoms with Gasteiger partial charge in [-0.2, -0.15) is 0 Å². The molecule has 4 rings (SSSR count). The van der Waals surface area contributed by atoms with Crippen LogP contribution in [-0.2, 0) is 0 Å². The van der Waals surface area contributed by atoms with E-state index >= 15 is 0 Å². The van der Waals surface area contributed by atoms with Gasteiger partial charge in [0.2, 0.25) is 5.75 Å². The first-order valence-corrected chi connectivity index (χ1v) is 14.8. The number of amides is 1. The minimum atomic E-state index is -0.747. The summed E-state index contributed by atoms with van der Waals surface area (Å²) in [5.41, 5.74) is 2.01. The molecule has 2 aromatic rings. The maximum absolute atomic E-state index is 14.3. The molecule has 7 heteroatoms. The maximum Gasteiger partial charge on any atom is 0.254 e. The molecule has 3 atom stereocenters. The molecule has 1 heterocycles. The van der Waals surface area contributed by atoms with Gasteiger partial charge < -0.3 is 29.1 Å². The summed E-state index contributed by atoms with van der Waals surface area (Å²) < 4.78 is 17.7. The van der Waals surface area contributed by atoms with Crippen LogP contribution in [0.5, 0.6) is 17.2 Å². The lowest BCUT2D eigenvalue weighted by Crippen LogP contribution is -2.56. The van der Waals surface area contributed by atoms with Gasteiger partial charge in [-0.05, 0) is 83.7 Å². The first-order valence-electron chi connectivity index (χ1n) is 14.8. The van der Waals surface area contributed by atoms with Gasteiger partial charge in [-0.1, -0.05) is 25.0 Å². The van der Waals surface area contributed by atoms with E-state index in [1.807, 2.05) is 25.7 Å². The van der Waals surface area contributed by atoms with E-state index in [-0.39, 0.29) is 17.9 Å². The molecule has 39 heavy (non-hydrogen) atoms. The molecule has 0 radical (unpaired) electrons. The van der Waals surface area contributed by atoms with Crippen molar-refractivity contribution in [2.75, 3.05) is 44.4 Å². The van der Waals surface area contributed by atoms with Crippen molar-refractivity contribution < 1.29 is 24.1 Å². The molecule has 1 amide bonds. The van der Waals surface area contributed by atoms with Crippen LogP contribution < -0.4 is 19.1 Å². The number of carbonyl (C=O) groups excluding carboxylic acids is 1. The third kappa shape index (κ3) is 5.98. The van der Waals surface area contributed by atoms with Gasteiger partial charge in [0.05, 0.1) is 31.5 Å². The van der Waals surface area contributed by atoms with Crippen molar-refractivity contribution in [3.05, 3.63) is 47.5 Å². The Morgan fingerprint density at radius 3 is 2.10 bits per heavy atom. The zero-order valence-electron chi connectivity index (χ0n) is 24.4. The number of ether oxygens (including phenoxy) is 3. The Kier molecular flexibility index (Phi) is 9.65. The van der Waals surface area contributed by atoms with Crippen molar-refractivity contribution >= 4 is 11.6 Å². The second-order valence-electron chi connectivity index (χ2n) is 10.5. The summed E-state index contributed by atoms with van der Waals surface area (Å²) in [4.78, 5) is 18.6. The third-order valence-electron chi connectivity index (χ3n) is 8.35. The Bertz CT molecular complexity index is 1070. The minimum absolute atomic E-state index is 0.0105. The van der Waals surface area contributed by atoms with Crippen molar-refractivity contribution in [3.8, 4) is 17.2 Å². The van der Waals surface area contributed by atoms with Crippen LogP contribution in [0.3, 0.4) is 0 Å². The molecule has 0 aromatic heterocycles. The van der Waals surface area contributed by atoms with E-state index in [2.05, 4.69) is 43.0 Å². The Hall–Kier alpha value is -2.93. The average molecular weight is 539 g/mol. The summed E-state index contributed by atoms with van der Waals surface area (Å²) in [7, 11) is 0. The van der Waals surface area contributed by atoms with Gasteiger partial charge in [0.25, 0.3) is 5.91 Å². The highest BCUT2D eigenvalue weighted by Gasteiger charge is 2.50. The largest absolute Gasteiger partial charge is 0.490 e. The number of rotatable bonds is 11. The summed E-state index contributed by atoms with van der Waals surface area (Å²) in [5.74, 6) is 1.47. The third-order valence-corrected chi connectivity index (χ3v) is 8.35. The monoisotopic (exact) mass is 538 g/mol. The van der Waals surface area contributed by atoms with Gasteiger partial charge in [-0.25, -0.2) is 0 Å². The van der Waals surface area contributed by atoms with Crippen LogP contribution in [0.15, 0.2) is 36.4 Å². The molecule has 1 aliphatic carbocycles. The van der Waals surface area contributed by atoms with Gasteiger partial charge in [0, 0.05) is 36.8 Å². The Labute approximate surface area is 234 Å². The topological polar surface area (TPSA) is 71.5 Å². The van der Waals surface area contributed by atoms with Gasteiger partial charge in [0.15, 0.2) is 11.5 Å². The molecule has 7 nitrogen and oxygen atoms in total. The molecular weight excluding hydrogens is 492 g/mol. The van der Waals surface area contributed by atoms with E-state index < -0.39 is 5.60 Å². The zero-order valence-corrected chi connectivity index (χ0v) is 24.4. The van der Waals surface area contributed by atoms with Gasteiger partial charge in [0.1, 0.15) is 0 Å². The highest BCUT2D eigenvalue weighted by atomic mass is 16.5. The summed E-state index contributed by atoms with van der Waals surface area (Å²) in [6, 6.07) is 11.9. The first kappa shape index (κ1) is 29.1. The summed E-state index contributed by atoms with van der Waals surface area (Å²) in [6.07, 6.45) is 4.38. The quantitative estimate of drug-likeness (QED) is 0.365. The predicted octanol–water partition coefficient (Wildman–Crippen LogP) is 6.24. The number of anilines is 1. The number of benzene rings is 2. The molecule has 1 N–H and O–H groups in total. The molecule has 2 aromatic carbocycles. The number of aliphatic hydroxyl groups is 1. The molecule has 0 bridgehead atoms. The second-order valence-corrected chi connectivity index (χ2v) is 10.5. The molecule has 0 unspecified atom stereocenters. The van der Waals surface area contributed by atoms with Crippen molar-refractivity contribution in [1.29, 1.82) is 0 Å². The Balaban J connectivity index is 1.76. The van der Waals surface area contributed by atoms with Gasteiger partial charge in [-0.3, -0.25) is 4.79 Å².